The third-order valence-corrected chi connectivity index (χ3v) is 4.05. The highest BCUT2D eigenvalue weighted by molar-refractivity contribution is 6.30. The van der Waals surface area contributed by atoms with Gasteiger partial charge in [0, 0.05) is 24.1 Å². The Kier molecular flexibility index (Phi) is 4.84. The quantitative estimate of drug-likeness (QED) is 0.789. The van der Waals surface area contributed by atoms with Crippen molar-refractivity contribution in [3.63, 3.8) is 0 Å². The summed E-state index contributed by atoms with van der Waals surface area (Å²) in [5.74, 6) is 0. The molecule has 2 aromatic heterocycles. The van der Waals surface area contributed by atoms with Crippen molar-refractivity contribution < 1.29 is 4.74 Å². The molecule has 0 saturated carbocycles. The molecule has 0 radical (unpaired) electrons. The second-order valence-electron chi connectivity index (χ2n) is 5.01. The van der Waals surface area contributed by atoms with Crippen molar-refractivity contribution in [3.8, 4) is 0 Å². The molecular formula is C15H18Cl2N2O. The van der Waals surface area contributed by atoms with Crippen LogP contribution in [-0.2, 0) is 17.6 Å². The average molecular weight is 313 g/mol. The monoisotopic (exact) mass is 312 g/mol. The smallest absolute Gasteiger partial charge is 0.129 e. The molecule has 3 nitrogen and oxygen atoms in total. The fraction of sp³-hybridized carbons (Fsp3) is 0.467. The van der Waals surface area contributed by atoms with E-state index in [4.69, 9.17) is 21.3 Å². The predicted molar refractivity (Wildman–Crippen MR) is 84.0 cm³/mol. The van der Waals surface area contributed by atoms with Crippen LogP contribution in [0.15, 0.2) is 12.3 Å². The molecule has 0 aliphatic heterocycles. The van der Waals surface area contributed by atoms with Crippen LogP contribution in [0.1, 0.15) is 30.2 Å². The summed E-state index contributed by atoms with van der Waals surface area (Å²) in [6.45, 7) is 4.97. The van der Waals surface area contributed by atoms with E-state index in [1.165, 1.54) is 16.8 Å². The van der Waals surface area contributed by atoms with Gasteiger partial charge in [-0.15, -0.1) is 12.4 Å². The molecule has 5 heteroatoms. The number of fused-ring (bicyclic) bond motifs is 2. The van der Waals surface area contributed by atoms with Crippen molar-refractivity contribution in [1.29, 1.82) is 0 Å². The lowest BCUT2D eigenvalue weighted by molar-refractivity contribution is 0.0529. The van der Waals surface area contributed by atoms with Gasteiger partial charge in [-0.1, -0.05) is 11.6 Å². The molecule has 0 fully saturated rings. The molecular weight excluding hydrogens is 295 g/mol. The molecule has 0 spiro atoms. The number of aromatic nitrogens is 2. The minimum Gasteiger partial charge on any atom is -0.378 e. The summed E-state index contributed by atoms with van der Waals surface area (Å²) in [5.41, 5.74) is 4.74. The van der Waals surface area contributed by atoms with Crippen molar-refractivity contribution in [3.05, 3.63) is 34.2 Å². The normalized spacial score (nSPS) is 17.6. The van der Waals surface area contributed by atoms with Crippen molar-refractivity contribution >= 4 is 34.9 Å². The highest BCUT2D eigenvalue weighted by atomic mass is 35.5. The molecule has 108 valence electrons. The molecule has 0 N–H and O–H groups in total. The van der Waals surface area contributed by atoms with Gasteiger partial charge in [0.25, 0.3) is 0 Å². The first-order valence-electron chi connectivity index (χ1n) is 6.74. The lowest BCUT2D eigenvalue weighted by Gasteiger charge is -2.26. The first kappa shape index (κ1) is 15.5. The molecule has 0 aromatic carbocycles. The van der Waals surface area contributed by atoms with Gasteiger partial charge in [-0.3, -0.25) is 4.98 Å². The van der Waals surface area contributed by atoms with Crippen LogP contribution in [0.3, 0.4) is 0 Å². The summed E-state index contributed by atoms with van der Waals surface area (Å²) in [7, 11) is 0. The Morgan fingerprint density at radius 3 is 3.00 bits per heavy atom. The van der Waals surface area contributed by atoms with Gasteiger partial charge >= 0.3 is 0 Å². The van der Waals surface area contributed by atoms with E-state index in [9.17, 15) is 0 Å². The third-order valence-electron chi connectivity index (χ3n) is 3.85. The summed E-state index contributed by atoms with van der Waals surface area (Å²) in [5, 5.41) is 1.63. The number of hydrogen-bond donors (Lipinski definition) is 0. The molecule has 0 saturated heterocycles. The molecule has 1 unspecified atom stereocenters. The molecule has 20 heavy (non-hydrogen) atoms. The predicted octanol–water partition coefficient (Wildman–Crippen LogP) is 3.91. The van der Waals surface area contributed by atoms with E-state index in [1.54, 1.807) is 6.20 Å². The van der Waals surface area contributed by atoms with E-state index in [-0.39, 0.29) is 12.4 Å². The zero-order valence-electron chi connectivity index (χ0n) is 11.6. The number of ether oxygens (including phenoxy) is 1. The standard InChI is InChI=1S/C15H17ClN2O.ClH/c1-3-19-10-4-5-13-11(6-10)9(2)12-7-15(16)17-8-14(12)18-13;/h7-8,10H,3-6H2,1-2H3;1H. The topological polar surface area (TPSA) is 35.0 Å². The van der Waals surface area contributed by atoms with Crippen LogP contribution < -0.4 is 0 Å². The molecule has 1 atom stereocenters. The van der Waals surface area contributed by atoms with Crippen molar-refractivity contribution in [2.45, 2.75) is 39.2 Å². The number of aryl methyl sites for hydroxylation is 2. The van der Waals surface area contributed by atoms with E-state index >= 15 is 0 Å². The van der Waals surface area contributed by atoms with Crippen molar-refractivity contribution in [2.24, 2.45) is 0 Å². The van der Waals surface area contributed by atoms with E-state index < -0.39 is 0 Å². The van der Waals surface area contributed by atoms with Crippen molar-refractivity contribution in [2.75, 3.05) is 6.61 Å². The molecule has 3 rings (SSSR count). The first-order valence-corrected chi connectivity index (χ1v) is 7.12. The number of rotatable bonds is 2. The zero-order valence-corrected chi connectivity index (χ0v) is 13.2. The molecule has 1 aliphatic rings. The van der Waals surface area contributed by atoms with Gasteiger partial charge in [0.15, 0.2) is 0 Å². The van der Waals surface area contributed by atoms with Gasteiger partial charge in [-0.2, -0.15) is 0 Å². The van der Waals surface area contributed by atoms with E-state index in [1.807, 2.05) is 13.0 Å². The average Bonchev–Trinajstić information content (AvgIpc) is 2.41. The van der Waals surface area contributed by atoms with Crippen LogP contribution in [0.25, 0.3) is 10.9 Å². The molecule has 2 heterocycles. The van der Waals surface area contributed by atoms with Gasteiger partial charge < -0.3 is 4.74 Å². The fourth-order valence-corrected chi connectivity index (χ4v) is 3.04. The fourth-order valence-electron chi connectivity index (χ4n) is 2.89. The SMILES string of the molecule is CCOC1CCc2nc3cnc(Cl)cc3c(C)c2C1.Cl. The Hall–Kier alpha value is -0.900. The van der Waals surface area contributed by atoms with Crippen LogP contribution in [-0.4, -0.2) is 22.7 Å². The second-order valence-corrected chi connectivity index (χ2v) is 5.39. The maximum Gasteiger partial charge on any atom is 0.129 e. The largest absolute Gasteiger partial charge is 0.378 e. The Morgan fingerprint density at radius 1 is 1.45 bits per heavy atom. The number of pyridine rings is 2. The van der Waals surface area contributed by atoms with Crippen LogP contribution >= 0.6 is 24.0 Å². The Bertz CT molecular complexity index is 631. The highest BCUT2D eigenvalue weighted by Crippen LogP contribution is 2.30. The van der Waals surface area contributed by atoms with Crippen LogP contribution in [0.5, 0.6) is 0 Å². The molecule has 2 aromatic rings. The lowest BCUT2D eigenvalue weighted by Crippen LogP contribution is -2.24. The maximum atomic E-state index is 5.99. The summed E-state index contributed by atoms with van der Waals surface area (Å²) >= 11 is 5.99. The lowest BCUT2D eigenvalue weighted by atomic mass is 9.89. The van der Waals surface area contributed by atoms with E-state index in [0.29, 0.717) is 11.3 Å². The Balaban J connectivity index is 0.00000147. The third kappa shape index (κ3) is 2.76. The van der Waals surface area contributed by atoms with Crippen molar-refractivity contribution in [1.82, 2.24) is 9.97 Å². The van der Waals surface area contributed by atoms with Gasteiger partial charge in [0.2, 0.25) is 0 Å². The summed E-state index contributed by atoms with van der Waals surface area (Å²) in [4.78, 5) is 8.86. The van der Waals surface area contributed by atoms with E-state index in [2.05, 4.69) is 11.9 Å². The minimum atomic E-state index is 0. The number of nitrogens with zero attached hydrogens (tertiary/aromatic N) is 2. The minimum absolute atomic E-state index is 0. The summed E-state index contributed by atoms with van der Waals surface area (Å²) in [6, 6.07) is 1.91. The van der Waals surface area contributed by atoms with Crippen LogP contribution in [0.2, 0.25) is 5.15 Å². The molecule has 0 amide bonds. The summed E-state index contributed by atoms with van der Waals surface area (Å²) < 4.78 is 5.76. The zero-order chi connectivity index (χ0) is 13.4. The first-order chi connectivity index (χ1) is 9.19. The van der Waals surface area contributed by atoms with Gasteiger partial charge in [-0.05, 0) is 43.9 Å². The van der Waals surface area contributed by atoms with Crippen LogP contribution in [0.4, 0.5) is 0 Å². The molecule has 1 aliphatic carbocycles. The number of hydrogen-bond acceptors (Lipinski definition) is 3. The second kappa shape index (κ2) is 6.25. The van der Waals surface area contributed by atoms with Gasteiger partial charge in [0.1, 0.15) is 5.15 Å². The maximum absolute atomic E-state index is 5.99. The Labute approximate surface area is 130 Å². The van der Waals surface area contributed by atoms with Crippen LogP contribution in [0, 0.1) is 6.92 Å². The van der Waals surface area contributed by atoms with Gasteiger partial charge in [0.05, 0.1) is 17.8 Å². The molecule has 0 bridgehead atoms. The Morgan fingerprint density at radius 2 is 2.25 bits per heavy atom. The summed E-state index contributed by atoms with van der Waals surface area (Å²) in [6.07, 6.45) is 5.09. The number of halogens is 2. The van der Waals surface area contributed by atoms with E-state index in [0.717, 1.165) is 36.8 Å². The highest BCUT2D eigenvalue weighted by Gasteiger charge is 2.22. The van der Waals surface area contributed by atoms with Gasteiger partial charge in [-0.25, -0.2) is 4.98 Å².